The fourth-order valence-corrected chi connectivity index (χ4v) is 4.81. The number of halogens is 1. The summed E-state index contributed by atoms with van der Waals surface area (Å²) >= 11 is 6.20. The minimum atomic E-state index is -0.193. The molecule has 2 atom stereocenters. The highest BCUT2D eigenvalue weighted by Crippen LogP contribution is 2.36. The number of aryl methyl sites for hydroxylation is 1. The third-order valence-electron chi connectivity index (χ3n) is 6.90. The van der Waals surface area contributed by atoms with Gasteiger partial charge in [0.25, 0.3) is 0 Å². The Balaban J connectivity index is 1.73. The molecule has 4 nitrogen and oxygen atoms in total. The van der Waals surface area contributed by atoms with Crippen molar-refractivity contribution in [3.05, 3.63) is 64.7 Å². The van der Waals surface area contributed by atoms with E-state index in [0.717, 1.165) is 54.4 Å². The lowest BCUT2D eigenvalue weighted by molar-refractivity contribution is -0.135. The van der Waals surface area contributed by atoms with Crippen molar-refractivity contribution in [2.24, 2.45) is 11.3 Å². The van der Waals surface area contributed by atoms with Gasteiger partial charge < -0.3 is 14.5 Å². The summed E-state index contributed by atoms with van der Waals surface area (Å²) < 4.78 is 6.31. The summed E-state index contributed by atoms with van der Waals surface area (Å²) in [5.74, 6) is 1.65. The summed E-state index contributed by atoms with van der Waals surface area (Å²) in [6.07, 6.45) is 3.76. The first-order chi connectivity index (χ1) is 15.8. The first kappa shape index (κ1) is 25.6. The highest BCUT2D eigenvalue weighted by atomic mass is 35.5. The number of likely N-dealkylation sites (tertiary alicyclic amines) is 1. The Morgan fingerprint density at radius 1 is 1.24 bits per heavy atom. The second kappa shape index (κ2) is 11.9. The number of amides is 1. The van der Waals surface area contributed by atoms with Crippen LogP contribution < -0.4 is 4.74 Å². The van der Waals surface area contributed by atoms with Gasteiger partial charge in [-0.15, -0.1) is 0 Å². The molecule has 2 unspecified atom stereocenters. The van der Waals surface area contributed by atoms with Crippen molar-refractivity contribution in [2.45, 2.75) is 53.0 Å². The molecule has 2 aromatic carbocycles. The van der Waals surface area contributed by atoms with Crippen molar-refractivity contribution >= 4 is 17.5 Å². The molecule has 180 valence electrons. The number of carbonyl (C=O) groups is 1. The fourth-order valence-electron chi connectivity index (χ4n) is 4.69. The zero-order valence-electron chi connectivity index (χ0n) is 20.6. The molecule has 1 amide bonds. The first-order valence-corrected chi connectivity index (χ1v) is 12.6. The molecule has 0 N–H and O–H groups in total. The molecule has 5 heteroatoms. The molecule has 0 bridgehead atoms. The quantitative estimate of drug-likeness (QED) is 0.414. The van der Waals surface area contributed by atoms with E-state index in [2.05, 4.69) is 30.9 Å². The van der Waals surface area contributed by atoms with Gasteiger partial charge in [-0.05, 0) is 61.6 Å². The van der Waals surface area contributed by atoms with E-state index in [1.807, 2.05) is 55.3 Å². The van der Waals surface area contributed by atoms with Crippen LogP contribution in [0.25, 0.3) is 0 Å². The summed E-state index contributed by atoms with van der Waals surface area (Å²) in [6, 6.07) is 16.0. The monoisotopic (exact) mass is 470 g/mol. The molecular weight excluding hydrogens is 432 g/mol. The average molecular weight is 471 g/mol. The third-order valence-corrected chi connectivity index (χ3v) is 7.32. The van der Waals surface area contributed by atoms with Crippen molar-refractivity contribution in [1.82, 2.24) is 9.80 Å². The molecule has 1 aliphatic rings. The van der Waals surface area contributed by atoms with Crippen molar-refractivity contribution < 1.29 is 9.53 Å². The van der Waals surface area contributed by atoms with E-state index in [-0.39, 0.29) is 11.3 Å². The number of rotatable bonds is 10. The number of hydrogen-bond donors (Lipinski definition) is 0. The standard InChI is InChI=1S/C28H39ClN2O2/c1-5-22(2)18-31-15-9-14-28(20-31,21-33-25-12-13-26(29)23(3)16-25)17-27(32)30(4)19-24-10-7-6-8-11-24/h6-8,10-13,16,22H,5,9,14-15,17-21H2,1-4H3. The fraction of sp³-hybridized carbons (Fsp3) is 0.536. The number of ether oxygens (including phenoxy) is 1. The molecule has 2 aromatic rings. The molecule has 1 aliphatic heterocycles. The van der Waals surface area contributed by atoms with E-state index in [1.54, 1.807) is 0 Å². The van der Waals surface area contributed by atoms with Crippen LogP contribution in [0.2, 0.25) is 5.02 Å². The van der Waals surface area contributed by atoms with Crippen LogP contribution in [0.4, 0.5) is 0 Å². The number of piperidine rings is 1. The van der Waals surface area contributed by atoms with Crippen LogP contribution in [0.15, 0.2) is 48.5 Å². The normalized spacial score (nSPS) is 19.8. The first-order valence-electron chi connectivity index (χ1n) is 12.2. The Morgan fingerprint density at radius 3 is 2.70 bits per heavy atom. The zero-order chi connectivity index (χ0) is 23.8. The van der Waals surface area contributed by atoms with Gasteiger partial charge >= 0.3 is 0 Å². The molecule has 3 rings (SSSR count). The molecule has 0 saturated carbocycles. The average Bonchev–Trinajstić information content (AvgIpc) is 2.80. The van der Waals surface area contributed by atoms with Gasteiger partial charge in [-0.3, -0.25) is 4.79 Å². The molecule has 33 heavy (non-hydrogen) atoms. The van der Waals surface area contributed by atoms with E-state index >= 15 is 0 Å². The highest BCUT2D eigenvalue weighted by molar-refractivity contribution is 6.31. The summed E-state index contributed by atoms with van der Waals surface area (Å²) in [4.78, 5) is 17.7. The smallest absolute Gasteiger partial charge is 0.223 e. The molecule has 1 heterocycles. The van der Waals surface area contributed by atoms with Crippen LogP contribution >= 0.6 is 11.6 Å². The number of benzene rings is 2. The van der Waals surface area contributed by atoms with E-state index in [1.165, 1.54) is 6.42 Å². The summed E-state index contributed by atoms with van der Waals surface area (Å²) in [6.45, 7) is 10.8. The van der Waals surface area contributed by atoms with Crippen LogP contribution in [0, 0.1) is 18.3 Å². The van der Waals surface area contributed by atoms with Gasteiger partial charge in [-0.1, -0.05) is 62.2 Å². The number of nitrogens with zero attached hydrogens (tertiary/aromatic N) is 2. The maximum atomic E-state index is 13.4. The lowest BCUT2D eigenvalue weighted by atomic mass is 9.77. The second-order valence-electron chi connectivity index (χ2n) is 9.96. The lowest BCUT2D eigenvalue weighted by Gasteiger charge is -2.43. The Labute approximate surface area is 204 Å². The largest absolute Gasteiger partial charge is 0.493 e. The maximum Gasteiger partial charge on any atom is 0.223 e. The van der Waals surface area contributed by atoms with Crippen molar-refractivity contribution in [3.63, 3.8) is 0 Å². The predicted octanol–water partition coefficient (Wildman–Crippen LogP) is 6.20. The number of carbonyl (C=O) groups excluding carboxylic acids is 1. The molecule has 0 radical (unpaired) electrons. The van der Waals surface area contributed by atoms with Crippen LogP contribution in [0.3, 0.4) is 0 Å². The van der Waals surface area contributed by atoms with Gasteiger partial charge in [0.15, 0.2) is 0 Å². The van der Waals surface area contributed by atoms with Crippen LogP contribution in [-0.2, 0) is 11.3 Å². The number of hydrogen-bond acceptors (Lipinski definition) is 3. The van der Waals surface area contributed by atoms with E-state index in [0.29, 0.717) is 25.5 Å². The summed E-state index contributed by atoms with van der Waals surface area (Å²) in [5.41, 5.74) is 1.96. The van der Waals surface area contributed by atoms with Crippen LogP contribution in [0.5, 0.6) is 5.75 Å². The van der Waals surface area contributed by atoms with E-state index < -0.39 is 0 Å². The lowest BCUT2D eigenvalue weighted by Crippen LogP contribution is -2.49. The Hall–Kier alpha value is -2.04. The highest BCUT2D eigenvalue weighted by Gasteiger charge is 2.39. The molecule has 1 fully saturated rings. The van der Waals surface area contributed by atoms with E-state index in [4.69, 9.17) is 16.3 Å². The van der Waals surface area contributed by atoms with Crippen molar-refractivity contribution in [3.8, 4) is 5.75 Å². The minimum Gasteiger partial charge on any atom is -0.493 e. The zero-order valence-corrected chi connectivity index (χ0v) is 21.4. The van der Waals surface area contributed by atoms with Gasteiger partial charge in [0.1, 0.15) is 5.75 Å². The van der Waals surface area contributed by atoms with Crippen molar-refractivity contribution in [2.75, 3.05) is 33.3 Å². The molecular formula is C28H39ClN2O2. The van der Waals surface area contributed by atoms with Crippen molar-refractivity contribution in [1.29, 1.82) is 0 Å². The van der Waals surface area contributed by atoms with E-state index in [9.17, 15) is 4.79 Å². The Bertz CT molecular complexity index is 904. The predicted molar refractivity (Wildman–Crippen MR) is 137 cm³/mol. The molecule has 0 aromatic heterocycles. The molecule has 0 spiro atoms. The van der Waals surface area contributed by atoms with Gasteiger partial charge in [0.2, 0.25) is 5.91 Å². The van der Waals surface area contributed by atoms with Gasteiger partial charge in [0, 0.05) is 43.5 Å². The van der Waals surface area contributed by atoms with Crippen LogP contribution in [-0.4, -0.2) is 49.0 Å². The van der Waals surface area contributed by atoms with Gasteiger partial charge in [0.05, 0.1) is 6.61 Å². The van der Waals surface area contributed by atoms with Crippen LogP contribution in [0.1, 0.15) is 50.7 Å². The Kier molecular flexibility index (Phi) is 9.22. The van der Waals surface area contributed by atoms with Gasteiger partial charge in [-0.25, -0.2) is 0 Å². The molecule has 0 aliphatic carbocycles. The van der Waals surface area contributed by atoms with Gasteiger partial charge in [-0.2, -0.15) is 0 Å². The summed E-state index contributed by atoms with van der Waals surface area (Å²) in [5, 5.41) is 0.743. The summed E-state index contributed by atoms with van der Waals surface area (Å²) in [7, 11) is 1.91. The maximum absolute atomic E-state index is 13.4. The minimum absolute atomic E-state index is 0.181. The topological polar surface area (TPSA) is 32.8 Å². The Morgan fingerprint density at radius 2 is 2.00 bits per heavy atom. The molecule has 1 saturated heterocycles. The third kappa shape index (κ3) is 7.48. The second-order valence-corrected chi connectivity index (χ2v) is 10.4. The SMILES string of the molecule is CCC(C)CN1CCCC(COc2ccc(Cl)c(C)c2)(CC(=O)N(C)Cc2ccccc2)C1.